The highest BCUT2D eigenvalue weighted by molar-refractivity contribution is 5.69. The molecular weight excluding hydrogens is 336 g/mol. The van der Waals surface area contributed by atoms with Gasteiger partial charge in [0, 0.05) is 49.3 Å². The average Bonchev–Trinajstić information content (AvgIpc) is 2.85. The van der Waals surface area contributed by atoms with Gasteiger partial charge < -0.3 is 19.3 Å². The molecule has 1 aromatic rings. The Labute approximate surface area is 154 Å². The number of hydrogen-bond acceptors (Lipinski definition) is 6. The molecule has 2 atom stereocenters. The molecule has 1 aromatic carbocycles. The zero-order valence-electron chi connectivity index (χ0n) is 15.7. The van der Waals surface area contributed by atoms with Crippen molar-refractivity contribution in [2.75, 3.05) is 53.6 Å². The van der Waals surface area contributed by atoms with Gasteiger partial charge in [-0.05, 0) is 13.0 Å². The third kappa shape index (κ3) is 4.11. The number of aliphatic carboxylic acids is 1. The number of carboxylic acid groups (broad SMARTS) is 1. The molecule has 2 bridgehead atoms. The van der Waals surface area contributed by atoms with Crippen LogP contribution in [0.1, 0.15) is 11.1 Å². The van der Waals surface area contributed by atoms with Gasteiger partial charge in [0.05, 0.1) is 34.0 Å². The number of benzene rings is 1. The van der Waals surface area contributed by atoms with E-state index in [9.17, 15) is 4.79 Å². The molecule has 2 fully saturated rings. The van der Waals surface area contributed by atoms with Gasteiger partial charge in [0.25, 0.3) is 0 Å². The minimum atomic E-state index is -0.773. The summed E-state index contributed by atoms with van der Waals surface area (Å²) in [5, 5.41) is 9.16. The molecule has 26 heavy (non-hydrogen) atoms. The van der Waals surface area contributed by atoms with Crippen molar-refractivity contribution in [2.45, 2.75) is 19.5 Å². The lowest BCUT2D eigenvalue weighted by Crippen LogP contribution is -2.44. The van der Waals surface area contributed by atoms with Crippen LogP contribution < -0.4 is 9.47 Å². The number of methoxy groups -OCH3 is 2. The van der Waals surface area contributed by atoms with Crippen molar-refractivity contribution < 1.29 is 24.1 Å². The Morgan fingerprint density at radius 2 is 2.04 bits per heavy atom. The predicted octanol–water partition coefficient (Wildman–Crippen LogP) is 1.23. The lowest BCUT2D eigenvalue weighted by molar-refractivity contribution is -0.138. The molecule has 2 aliphatic heterocycles. The van der Waals surface area contributed by atoms with Crippen LogP contribution in [0.25, 0.3) is 0 Å². The molecule has 0 spiro atoms. The quantitative estimate of drug-likeness (QED) is 0.814. The highest BCUT2D eigenvalue weighted by Crippen LogP contribution is 2.33. The highest BCUT2D eigenvalue weighted by atomic mass is 16.5. The summed E-state index contributed by atoms with van der Waals surface area (Å²) < 4.78 is 16.9. The Morgan fingerprint density at radius 1 is 1.23 bits per heavy atom. The molecule has 0 amide bonds. The smallest absolute Gasteiger partial charge is 0.317 e. The molecule has 0 aliphatic carbocycles. The van der Waals surface area contributed by atoms with Gasteiger partial charge >= 0.3 is 5.97 Å². The molecule has 0 radical (unpaired) electrons. The van der Waals surface area contributed by atoms with Crippen LogP contribution in [0.3, 0.4) is 0 Å². The van der Waals surface area contributed by atoms with E-state index in [0.29, 0.717) is 25.7 Å². The molecule has 144 valence electrons. The van der Waals surface area contributed by atoms with Gasteiger partial charge in [-0.15, -0.1) is 0 Å². The summed E-state index contributed by atoms with van der Waals surface area (Å²) in [7, 11) is 3.34. The maximum absolute atomic E-state index is 11.1. The second kappa shape index (κ2) is 8.24. The predicted molar refractivity (Wildman–Crippen MR) is 96.9 cm³/mol. The average molecular weight is 364 g/mol. The summed E-state index contributed by atoms with van der Waals surface area (Å²) in [4.78, 5) is 15.6. The van der Waals surface area contributed by atoms with Crippen LogP contribution >= 0.6 is 0 Å². The summed E-state index contributed by atoms with van der Waals surface area (Å²) in [6, 6.07) is 4.20. The maximum atomic E-state index is 11.1. The molecule has 2 heterocycles. The van der Waals surface area contributed by atoms with E-state index in [4.69, 9.17) is 19.3 Å². The Bertz CT molecular complexity index is 651. The van der Waals surface area contributed by atoms with Crippen molar-refractivity contribution in [2.24, 2.45) is 5.92 Å². The maximum Gasteiger partial charge on any atom is 0.317 e. The highest BCUT2D eigenvalue weighted by Gasteiger charge is 2.34. The topological polar surface area (TPSA) is 71.5 Å². The van der Waals surface area contributed by atoms with Crippen LogP contribution in [-0.2, 0) is 16.1 Å². The number of ether oxygens (including phenoxy) is 3. The summed E-state index contributed by atoms with van der Waals surface area (Å²) in [5.74, 6) is 1.21. The van der Waals surface area contributed by atoms with Crippen molar-refractivity contribution in [1.82, 2.24) is 9.80 Å². The number of rotatable bonds is 6. The lowest BCUT2D eigenvalue weighted by atomic mass is 10.1. The van der Waals surface area contributed by atoms with Crippen LogP contribution in [0, 0.1) is 12.8 Å². The summed E-state index contributed by atoms with van der Waals surface area (Å²) in [5.41, 5.74) is 2.11. The van der Waals surface area contributed by atoms with Crippen molar-refractivity contribution in [3.8, 4) is 11.5 Å². The molecule has 3 rings (SSSR count). The second-order valence-corrected chi connectivity index (χ2v) is 7.16. The van der Waals surface area contributed by atoms with E-state index < -0.39 is 5.97 Å². The number of hydrogen-bond donors (Lipinski definition) is 1. The van der Waals surface area contributed by atoms with Crippen molar-refractivity contribution in [3.63, 3.8) is 0 Å². The third-order valence-corrected chi connectivity index (χ3v) is 5.25. The summed E-state index contributed by atoms with van der Waals surface area (Å²) in [6.45, 7) is 6.52. The van der Waals surface area contributed by atoms with Gasteiger partial charge in [0.2, 0.25) is 0 Å². The van der Waals surface area contributed by atoms with Crippen molar-refractivity contribution in [3.05, 3.63) is 23.3 Å². The Kier molecular flexibility index (Phi) is 6.01. The Hall–Kier alpha value is -1.83. The monoisotopic (exact) mass is 364 g/mol. The minimum absolute atomic E-state index is 0.0891. The zero-order valence-corrected chi connectivity index (χ0v) is 15.7. The van der Waals surface area contributed by atoms with Gasteiger partial charge in [-0.3, -0.25) is 14.6 Å². The van der Waals surface area contributed by atoms with E-state index in [2.05, 4.69) is 11.0 Å². The summed E-state index contributed by atoms with van der Waals surface area (Å²) in [6.07, 6.45) is 0. The van der Waals surface area contributed by atoms with Gasteiger partial charge in [-0.1, -0.05) is 6.07 Å². The first kappa shape index (κ1) is 18.9. The van der Waals surface area contributed by atoms with Gasteiger partial charge in [-0.25, -0.2) is 0 Å². The first-order valence-electron chi connectivity index (χ1n) is 8.98. The van der Waals surface area contributed by atoms with E-state index in [1.165, 1.54) is 0 Å². The van der Waals surface area contributed by atoms with Crippen LogP contribution in [-0.4, -0.2) is 80.5 Å². The second-order valence-electron chi connectivity index (χ2n) is 7.16. The van der Waals surface area contributed by atoms with Gasteiger partial charge in [0.1, 0.15) is 11.5 Å². The standard InChI is InChI=1S/C19H28N2O5/c1-13-17(24-2)5-4-15(19(13)25-3)8-21-7-14-6-20(10-18(22)23)9-16(21)12-26-11-14/h4-5,14,16H,6-12H2,1-3H3,(H,22,23)/t14-,16-/m0/s1. The zero-order chi connectivity index (χ0) is 18.7. The molecule has 0 aromatic heterocycles. The fraction of sp³-hybridized carbons (Fsp3) is 0.632. The van der Waals surface area contributed by atoms with E-state index in [1.807, 2.05) is 17.9 Å². The SMILES string of the molecule is COc1ccc(CN2C[C@H]3COC[C@@H]2CN(CC(=O)O)C3)c(OC)c1C. The molecule has 0 saturated carbocycles. The van der Waals surface area contributed by atoms with E-state index in [0.717, 1.165) is 42.3 Å². The molecule has 2 saturated heterocycles. The van der Waals surface area contributed by atoms with Gasteiger partial charge in [-0.2, -0.15) is 0 Å². The minimum Gasteiger partial charge on any atom is -0.496 e. The van der Waals surface area contributed by atoms with Crippen LogP contribution in [0.15, 0.2) is 12.1 Å². The normalized spacial score (nSPS) is 24.1. The number of fused-ring (bicyclic) bond motifs is 3. The summed E-state index contributed by atoms with van der Waals surface area (Å²) >= 11 is 0. The molecule has 7 nitrogen and oxygen atoms in total. The number of carboxylic acids is 1. The van der Waals surface area contributed by atoms with Crippen LogP contribution in [0.4, 0.5) is 0 Å². The molecule has 7 heteroatoms. The molecule has 2 aliphatic rings. The largest absolute Gasteiger partial charge is 0.496 e. The first-order valence-corrected chi connectivity index (χ1v) is 8.98. The van der Waals surface area contributed by atoms with Gasteiger partial charge in [0.15, 0.2) is 0 Å². The third-order valence-electron chi connectivity index (χ3n) is 5.25. The fourth-order valence-electron chi connectivity index (χ4n) is 4.12. The Balaban J connectivity index is 1.81. The van der Waals surface area contributed by atoms with Crippen molar-refractivity contribution in [1.29, 1.82) is 0 Å². The van der Waals surface area contributed by atoms with E-state index in [-0.39, 0.29) is 12.6 Å². The number of carbonyl (C=O) groups is 1. The van der Waals surface area contributed by atoms with E-state index >= 15 is 0 Å². The number of nitrogens with zero attached hydrogens (tertiary/aromatic N) is 2. The molecular formula is C19H28N2O5. The van der Waals surface area contributed by atoms with Crippen LogP contribution in [0.2, 0.25) is 0 Å². The molecule has 0 unspecified atom stereocenters. The van der Waals surface area contributed by atoms with E-state index in [1.54, 1.807) is 14.2 Å². The Morgan fingerprint density at radius 3 is 2.73 bits per heavy atom. The van der Waals surface area contributed by atoms with Crippen LogP contribution in [0.5, 0.6) is 11.5 Å². The fourth-order valence-corrected chi connectivity index (χ4v) is 4.12. The lowest BCUT2D eigenvalue weighted by Gasteiger charge is -2.31. The van der Waals surface area contributed by atoms with Crippen molar-refractivity contribution >= 4 is 5.97 Å². The first-order chi connectivity index (χ1) is 12.5. The molecule has 1 N–H and O–H groups in total.